The molecule has 0 radical (unpaired) electrons. The molecule has 0 saturated heterocycles. The molecule has 32 heavy (non-hydrogen) atoms. The lowest BCUT2D eigenvalue weighted by atomic mass is 10.1. The highest BCUT2D eigenvalue weighted by Crippen LogP contribution is 2.26. The maximum atomic E-state index is 12.6. The molecule has 164 valence electrons. The lowest BCUT2D eigenvalue weighted by molar-refractivity contribution is -0.119. The Morgan fingerprint density at radius 2 is 1.91 bits per heavy atom. The third kappa shape index (κ3) is 4.72. The van der Waals surface area contributed by atoms with Crippen LogP contribution in [0.25, 0.3) is 17.1 Å². The smallest absolute Gasteiger partial charge is 0.230 e. The summed E-state index contributed by atoms with van der Waals surface area (Å²) in [4.78, 5) is 16.5. The molecule has 2 aromatic heterocycles. The summed E-state index contributed by atoms with van der Waals surface area (Å²) in [5.74, 6) is 1.05. The number of hydrogen-bond donors (Lipinski definition) is 1. The summed E-state index contributed by atoms with van der Waals surface area (Å²) in [6.07, 6.45) is 3.15. The Morgan fingerprint density at radius 1 is 1.12 bits per heavy atom. The molecule has 0 aliphatic rings. The molecule has 0 spiro atoms. The molecular formula is C23H25N7OS. The topological polar surface area (TPSA) is 90.5 Å². The molecule has 0 aliphatic heterocycles. The highest BCUT2D eigenvalue weighted by Gasteiger charge is 2.17. The second-order valence-corrected chi connectivity index (χ2v) is 8.32. The summed E-state index contributed by atoms with van der Waals surface area (Å²) in [5, 5.41) is 16.6. The average molecular weight is 448 g/mol. The van der Waals surface area contributed by atoms with Crippen LogP contribution in [0.2, 0.25) is 0 Å². The molecule has 1 atom stereocenters. The zero-order chi connectivity index (χ0) is 22.5. The van der Waals surface area contributed by atoms with Gasteiger partial charge in [-0.25, -0.2) is 9.67 Å². The maximum Gasteiger partial charge on any atom is 0.230 e. The van der Waals surface area contributed by atoms with Crippen molar-refractivity contribution in [2.24, 2.45) is 0 Å². The minimum atomic E-state index is -0.112. The van der Waals surface area contributed by atoms with E-state index in [1.54, 1.807) is 11.0 Å². The van der Waals surface area contributed by atoms with Crippen LogP contribution in [0.3, 0.4) is 0 Å². The second-order valence-electron chi connectivity index (χ2n) is 7.37. The van der Waals surface area contributed by atoms with Crippen molar-refractivity contribution in [2.75, 3.05) is 5.75 Å². The Balaban J connectivity index is 1.37. The van der Waals surface area contributed by atoms with Crippen LogP contribution in [-0.4, -0.2) is 41.2 Å². The molecule has 9 heteroatoms. The summed E-state index contributed by atoms with van der Waals surface area (Å²) in [7, 11) is 0. The first-order valence-electron chi connectivity index (χ1n) is 10.4. The van der Waals surface area contributed by atoms with Gasteiger partial charge in [0.05, 0.1) is 17.5 Å². The first-order valence-corrected chi connectivity index (χ1v) is 11.4. The van der Waals surface area contributed by atoms with Crippen molar-refractivity contribution in [3.05, 3.63) is 72.3 Å². The van der Waals surface area contributed by atoms with Gasteiger partial charge in [-0.2, -0.15) is 5.10 Å². The average Bonchev–Trinajstić information content (AvgIpc) is 3.48. The molecule has 2 aromatic carbocycles. The van der Waals surface area contributed by atoms with Crippen molar-refractivity contribution >= 4 is 17.7 Å². The van der Waals surface area contributed by atoms with E-state index in [4.69, 9.17) is 0 Å². The molecule has 0 bridgehead atoms. The van der Waals surface area contributed by atoms with Gasteiger partial charge >= 0.3 is 0 Å². The van der Waals surface area contributed by atoms with E-state index in [-0.39, 0.29) is 17.7 Å². The van der Waals surface area contributed by atoms with Gasteiger partial charge in [0.2, 0.25) is 5.91 Å². The molecule has 0 saturated carbocycles. The Bertz CT molecular complexity index is 1190. The predicted molar refractivity (Wildman–Crippen MR) is 125 cm³/mol. The number of thioether (sulfide) groups is 1. The molecule has 0 aliphatic carbocycles. The number of rotatable bonds is 8. The fourth-order valence-corrected chi connectivity index (χ4v) is 4.27. The number of nitrogens with one attached hydrogen (secondary N) is 1. The number of aryl methyl sites for hydroxylation is 1. The van der Waals surface area contributed by atoms with E-state index in [9.17, 15) is 4.79 Å². The van der Waals surface area contributed by atoms with Gasteiger partial charge < -0.3 is 9.88 Å². The third-order valence-corrected chi connectivity index (χ3v) is 6.17. The molecule has 2 heterocycles. The van der Waals surface area contributed by atoms with Crippen molar-refractivity contribution < 1.29 is 4.79 Å². The molecule has 1 N–H and O–H groups in total. The van der Waals surface area contributed by atoms with Crippen molar-refractivity contribution in [1.29, 1.82) is 0 Å². The molecule has 1 amide bonds. The van der Waals surface area contributed by atoms with Crippen LogP contribution < -0.4 is 5.32 Å². The van der Waals surface area contributed by atoms with Gasteiger partial charge in [-0.05, 0) is 44.0 Å². The summed E-state index contributed by atoms with van der Waals surface area (Å²) in [5.41, 5.74) is 4.14. The number of carbonyl (C=O) groups excluding carboxylic acids is 1. The van der Waals surface area contributed by atoms with Gasteiger partial charge in [0.1, 0.15) is 12.7 Å². The van der Waals surface area contributed by atoms with Crippen molar-refractivity contribution in [2.45, 2.75) is 38.5 Å². The van der Waals surface area contributed by atoms with Crippen LogP contribution in [0.4, 0.5) is 0 Å². The van der Waals surface area contributed by atoms with Gasteiger partial charge in [-0.1, -0.05) is 48.2 Å². The number of benzene rings is 2. The molecule has 4 rings (SSSR count). The normalized spacial score (nSPS) is 12.0. The van der Waals surface area contributed by atoms with E-state index in [2.05, 4.69) is 45.5 Å². The Labute approximate surface area is 191 Å². The van der Waals surface area contributed by atoms with Crippen LogP contribution in [-0.2, 0) is 11.3 Å². The van der Waals surface area contributed by atoms with Gasteiger partial charge in [-0.3, -0.25) is 4.79 Å². The van der Waals surface area contributed by atoms with E-state index in [0.717, 1.165) is 39.9 Å². The zero-order valence-corrected chi connectivity index (χ0v) is 19.1. The van der Waals surface area contributed by atoms with E-state index in [0.29, 0.717) is 0 Å². The summed E-state index contributed by atoms with van der Waals surface area (Å²) in [6.45, 7) is 6.82. The molecule has 4 aromatic rings. The van der Waals surface area contributed by atoms with Crippen LogP contribution in [0.1, 0.15) is 31.0 Å². The van der Waals surface area contributed by atoms with Gasteiger partial charge in [0.15, 0.2) is 11.0 Å². The lowest BCUT2D eigenvalue weighted by Crippen LogP contribution is -2.28. The maximum absolute atomic E-state index is 12.6. The monoisotopic (exact) mass is 447 g/mol. The quantitative estimate of drug-likeness (QED) is 0.413. The standard InChI is InChI=1S/C23H25N7OS/c1-4-29-22(20-8-6-5-7-16(20)2)27-28-23(29)32-13-21(31)26-17(3)18-9-11-19(12-10-18)30-15-24-14-25-30/h5-12,14-15,17H,4,13H2,1-3H3,(H,26,31). The molecule has 8 nitrogen and oxygen atoms in total. The third-order valence-electron chi connectivity index (χ3n) is 5.21. The van der Waals surface area contributed by atoms with Crippen molar-refractivity contribution in [3.8, 4) is 17.1 Å². The van der Waals surface area contributed by atoms with Gasteiger partial charge in [0, 0.05) is 12.1 Å². The Hall–Kier alpha value is -3.46. The van der Waals surface area contributed by atoms with E-state index in [1.807, 2.05) is 54.0 Å². The van der Waals surface area contributed by atoms with Crippen LogP contribution in [0, 0.1) is 6.92 Å². The number of aromatic nitrogens is 6. The number of hydrogen-bond acceptors (Lipinski definition) is 6. The number of nitrogens with zero attached hydrogens (tertiary/aromatic N) is 6. The minimum Gasteiger partial charge on any atom is -0.349 e. The molecule has 0 fully saturated rings. The van der Waals surface area contributed by atoms with Gasteiger partial charge in [-0.15, -0.1) is 10.2 Å². The highest BCUT2D eigenvalue weighted by molar-refractivity contribution is 7.99. The van der Waals surface area contributed by atoms with Crippen molar-refractivity contribution in [1.82, 2.24) is 34.8 Å². The predicted octanol–water partition coefficient (Wildman–Crippen LogP) is 3.82. The van der Waals surface area contributed by atoms with E-state index < -0.39 is 0 Å². The van der Waals surface area contributed by atoms with E-state index in [1.165, 1.54) is 18.1 Å². The highest BCUT2D eigenvalue weighted by atomic mass is 32.2. The first kappa shape index (κ1) is 21.8. The van der Waals surface area contributed by atoms with Crippen LogP contribution >= 0.6 is 11.8 Å². The summed E-state index contributed by atoms with van der Waals surface area (Å²) >= 11 is 1.40. The summed E-state index contributed by atoms with van der Waals surface area (Å²) < 4.78 is 3.74. The zero-order valence-electron chi connectivity index (χ0n) is 18.3. The fraction of sp³-hybridized carbons (Fsp3) is 0.261. The SMILES string of the molecule is CCn1c(SCC(=O)NC(C)c2ccc(-n3cncn3)cc2)nnc1-c1ccccc1C. The second kappa shape index (κ2) is 9.78. The Morgan fingerprint density at radius 3 is 2.59 bits per heavy atom. The Kier molecular flexibility index (Phi) is 6.65. The molecule has 1 unspecified atom stereocenters. The summed E-state index contributed by atoms with van der Waals surface area (Å²) in [6, 6.07) is 15.9. The minimum absolute atomic E-state index is 0.0500. The number of carbonyl (C=O) groups is 1. The van der Waals surface area contributed by atoms with Gasteiger partial charge in [0.25, 0.3) is 0 Å². The van der Waals surface area contributed by atoms with Crippen LogP contribution in [0.5, 0.6) is 0 Å². The van der Waals surface area contributed by atoms with E-state index >= 15 is 0 Å². The lowest BCUT2D eigenvalue weighted by Gasteiger charge is -2.15. The number of amides is 1. The van der Waals surface area contributed by atoms with Crippen LogP contribution in [0.15, 0.2) is 66.3 Å². The fourth-order valence-electron chi connectivity index (χ4n) is 3.46. The molecular weight excluding hydrogens is 422 g/mol. The largest absolute Gasteiger partial charge is 0.349 e. The first-order chi connectivity index (χ1) is 15.6. The van der Waals surface area contributed by atoms with Crippen molar-refractivity contribution in [3.63, 3.8) is 0 Å².